The van der Waals surface area contributed by atoms with Crippen LogP contribution in [0.1, 0.15) is 59.2 Å². The summed E-state index contributed by atoms with van der Waals surface area (Å²) in [5.74, 6) is -0.130. The Morgan fingerprint density at radius 2 is 1.68 bits per heavy atom. The molecule has 0 bridgehead atoms. The summed E-state index contributed by atoms with van der Waals surface area (Å²) >= 11 is 0. The van der Waals surface area contributed by atoms with E-state index in [2.05, 4.69) is 38.2 Å². The Morgan fingerprint density at radius 1 is 1.03 bits per heavy atom. The average Bonchev–Trinajstić information content (AvgIpc) is 2.70. The lowest BCUT2D eigenvalue weighted by Gasteiger charge is -2.31. The number of amides is 1. The molecule has 0 aliphatic carbocycles. The molecule has 5 nitrogen and oxygen atoms in total. The fourth-order valence-electron chi connectivity index (χ4n) is 4.36. The molecule has 1 aliphatic heterocycles. The first-order chi connectivity index (χ1) is 14.6. The quantitative estimate of drug-likeness (QED) is 0.724. The topological polar surface area (TPSA) is 66.5 Å². The summed E-state index contributed by atoms with van der Waals surface area (Å²) < 4.78 is 27.2. The summed E-state index contributed by atoms with van der Waals surface area (Å²) in [7, 11) is -3.38. The third-order valence-corrected chi connectivity index (χ3v) is 8.21. The number of carbonyl (C=O) groups excluding carboxylic acids is 1. The van der Waals surface area contributed by atoms with Gasteiger partial charge in [0, 0.05) is 19.0 Å². The fraction of sp³-hybridized carbons (Fsp3) is 0.480. The molecule has 1 fully saturated rings. The van der Waals surface area contributed by atoms with Crippen molar-refractivity contribution < 1.29 is 13.2 Å². The van der Waals surface area contributed by atoms with E-state index in [9.17, 15) is 13.2 Å². The summed E-state index contributed by atoms with van der Waals surface area (Å²) in [6, 6.07) is 11.8. The van der Waals surface area contributed by atoms with E-state index < -0.39 is 10.0 Å². The van der Waals surface area contributed by atoms with Crippen LogP contribution in [0.2, 0.25) is 0 Å². The Kier molecular flexibility index (Phi) is 7.22. The number of nitrogens with one attached hydrogen (secondary N) is 1. The molecule has 1 atom stereocenters. The minimum Gasteiger partial charge on any atom is -0.349 e. The average molecular weight is 443 g/mol. The molecule has 0 spiro atoms. The maximum Gasteiger partial charge on any atom is 0.223 e. The smallest absolute Gasteiger partial charge is 0.223 e. The number of sulfonamides is 1. The lowest BCUT2D eigenvalue weighted by Crippen LogP contribution is -2.43. The zero-order valence-corrected chi connectivity index (χ0v) is 20.1. The van der Waals surface area contributed by atoms with Crippen LogP contribution >= 0.6 is 0 Å². The summed E-state index contributed by atoms with van der Waals surface area (Å²) in [5, 5.41) is 3.15. The van der Waals surface area contributed by atoms with Gasteiger partial charge in [0.1, 0.15) is 0 Å². The minimum absolute atomic E-state index is 0.00856. The second kappa shape index (κ2) is 9.53. The molecule has 2 aromatic carbocycles. The molecule has 1 heterocycles. The van der Waals surface area contributed by atoms with Crippen LogP contribution in [-0.4, -0.2) is 31.7 Å². The molecule has 0 unspecified atom stereocenters. The fourth-order valence-corrected chi connectivity index (χ4v) is 5.91. The predicted molar refractivity (Wildman–Crippen MR) is 125 cm³/mol. The van der Waals surface area contributed by atoms with Gasteiger partial charge in [-0.05, 0) is 75.3 Å². The van der Waals surface area contributed by atoms with Crippen LogP contribution in [0, 0.1) is 33.6 Å². The number of hydrogen-bond acceptors (Lipinski definition) is 3. The van der Waals surface area contributed by atoms with Crippen LogP contribution in [0.3, 0.4) is 0 Å². The molecule has 1 saturated heterocycles. The molecule has 1 N–H and O–H groups in total. The van der Waals surface area contributed by atoms with Gasteiger partial charge in [-0.15, -0.1) is 0 Å². The monoisotopic (exact) mass is 442 g/mol. The molecule has 0 aromatic heterocycles. The van der Waals surface area contributed by atoms with Crippen molar-refractivity contribution in [1.29, 1.82) is 0 Å². The maximum absolute atomic E-state index is 12.9. The Labute approximate surface area is 186 Å². The van der Waals surface area contributed by atoms with Gasteiger partial charge in [-0.2, -0.15) is 0 Å². The van der Waals surface area contributed by atoms with Crippen LogP contribution in [0.15, 0.2) is 36.4 Å². The van der Waals surface area contributed by atoms with Crippen LogP contribution in [-0.2, 0) is 20.6 Å². The molecule has 0 radical (unpaired) electrons. The van der Waals surface area contributed by atoms with Gasteiger partial charge in [0.05, 0.1) is 11.8 Å². The number of carbonyl (C=O) groups is 1. The molecular weight excluding hydrogens is 408 g/mol. The Morgan fingerprint density at radius 3 is 2.32 bits per heavy atom. The Hall–Kier alpha value is -2.18. The van der Waals surface area contributed by atoms with E-state index in [-0.39, 0.29) is 23.6 Å². The van der Waals surface area contributed by atoms with Gasteiger partial charge in [-0.25, -0.2) is 12.7 Å². The first kappa shape index (κ1) is 23.5. The normalized spacial score (nSPS) is 16.8. The molecule has 0 saturated carbocycles. The highest BCUT2D eigenvalue weighted by molar-refractivity contribution is 7.88. The van der Waals surface area contributed by atoms with Gasteiger partial charge < -0.3 is 5.32 Å². The molecule has 1 amide bonds. The van der Waals surface area contributed by atoms with Gasteiger partial charge in [0.2, 0.25) is 15.9 Å². The number of hydrogen-bond donors (Lipinski definition) is 1. The van der Waals surface area contributed by atoms with Crippen molar-refractivity contribution in [2.24, 2.45) is 5.92 Å². The van der Waals surface area contributed by atoms with E-state index in [0.717, 1.165) is 16.7 Å². The molecule has 168 valence electrons. The number of nitrogens with zero attached hydrogens (tertiary/aromatic N) is 1. The first-order valence-electron chi connectivity index (χ1n) is 11.0. The number of benzene rings is 2. The highest BCUT2D eigenvalue weighted by Gasteiger charge is 2.31. The van der Waals surface area contributed by atoms with Crippen LogP contribution in [0.5, 0.6) is 0 Å². The van der Waals surface area contributed by atoms with Crippen molar-refractivity contribution in [1.82, 2.24) is 9.62 Å². The van der Waals surface area contributed by atoms with Crippen LogP contribution < -0.4 is 5.32 Å². The zero-order chi connectivity index (χ0) is 22.8. The van der Waals surface area contributed by atoms with Gasteiger partial charge in [0.25, 0.3) is 0 Å². The van der Waals surface area contributed by atoms with Crippen molar-refractivity contribution in [3.8, 4) is 0 Å². The van der Waals surface area contributed by atoms with Crippen molar-refractivity contribution in [2.45, 2.75) is 59.3 Å². The van der Waals surface area contributed by atoms with Crippen LogP contribution in [0.25, 0.3) is 0 Å². The highest BCUT2D eigenvalue weighted by atomic mass is 32.2. The van der Waals surface area contributed by atoms with E-state index in [1.807, 2.05) is 38.1 Å². The number of piperidine rings is 1. The lowest BCUT2D eigenvalue weighted by molar-refractivity contribution is -0.126. The van der Waals surface area contributed by atoms with E-state index in [1.165, 1.54) is 21.0 Å². The Balaban J connectivity index is 1.57. The number of aryl methyl sites for hydroxylation is 4. The summed E-state index contributed by atoms with van der Waals surface area (Å²) in [5.41, 5.74) is 6.63. The van der Waals surface area contributed by atoms with E-state index in [1.54, 1.807) is 0 Å². The van der Waals surface area contributed by atoms with Gasteiger partial charge in [-0.3, -0.25) is 4.79 Å². The van der Waals surface area contributed by atoms with Crippen molar-refractivity contribution in [3.05, 3.63) is 69.8 Å². The third kappa shape index (κ3) is 5.74. The van der Waals surface area contributed by atoms with Gasteiger partial charge in [0.15, 0.2) is 0 Å². The van der Waals surface area contributed by atoms with Gasteiger partial charge in [-0.1, -0.05) is 42.0 Å². The molecular formula is C25H34N2O3S. The van der Waals surface area contributed by atoms with E-state index >= 15 is 0 Å². The van der Waals surface area contributed by atoms with E-state index in [0.29, 0.717) is 25.9 Å². The van der Waals surface area contributed by atoms with Gasteiger partial charge >= 0.3 is 0 Å². The lowest BCUT2D eigenvalue weighted by atomic mass is 9.94. The molecule has 6 heteroatoms. The maximum atomic E-state index is 12.9. The summed E-state index contributed by atoms with van der Waals surface area (Å²) in [6.45, 7) is 11.0. The SMILES string of the molecule is Cc1cccc(CS(=O)(=O)N2CCC(C(=O)N[C@H](C)c3cc(C)c(C)cc3C)CC2)c1. The minimum atomic E-state index is -3.38. The molecule has 2 aromatic rings. The van der Waals surface area contributed by atoms with Crippen molar-refractivity contribution in [3.63, 3.8) is 0 Å². The largest absolute Gasteiger partial charge is 0.349 e. The summed E-state index contributed by atoms with van der Waals surface area (Å²) in [4.78, 5) is 12.9. The van der Waals surface area contributed by atoms with E-state index in [4.69, 9.17) is 0 Å². The summed E-state index contributed by atoms with van der Waals surface area (Å²) in [6.07, 6.45) is 1.11. The first-order valence-corrected chi connectivity index (χ1v) is 12.6. The zero-order valence-electron chi connectivity index (χ0n) is 19.2. The van der Waals surface area contributed by atoms with Crippen molar-refractivity contribution >= 4 is 15.9 Å². The standard InChI is InChI=1S/C25H34N2O3S/c1-17-7-6-8-22(13-17)16-31(29,30)27-11-9-23(10-12-27)25(28)26-21(5)24-15-19(3)18(2)14-20(24)4/h6-8,13-15,21,23H,9-12,16H2,1-5H3,(H,26,28)/t21-/m1/s1. The molecule has 1 aliphatic rings. The number of rotatable bonds is 6. The van der Waals surface area contributed by atoms with Crippen LogP contribution in [0.4, 0.5) is 0 Å². The molecule has 31 heavy (non-hydrogen) atoms. The second-order valence-corrected chi connectivity index (χ2v) is 10.9. The molecule has 3 rings (SSSR count). The highest BCUT2D eigenvalue weighted by Crippen LogP contribution is 2.25. The third-order valence-electron chi connectivity index (χ3n) is 6.36. The second-order valence-electron chi connectivity index (χ2n) is 8.94. The Bertz CT molecular complexity index is 1050. The van der Waals surface area contributed by atoms with Crippen molar-refractivity contribution in [2.75, 3.05) is 13.1 Å². The predicted octanol–water partition coefficient (Wildman–Crippen LogP) is 4.34.